The van der Waals surface area contributed by atoms with Gasteiger partial charge in [-0.1, -0.05) is 27.2 Å². The van der Waals surface area contributed by atoms with Gasteiger partial charge in [-0.15, -0.1) is 12.4 Å². The summed E-state index contributed by atoms with van der Waals surface area (Å²) in [4.78, 5) is 12.5. The number of carbonyl (C=O) groups is 1. The average molecular weight is 359 g/mol. The minimum absolute atomic E-state index is 0. The molecule has 6 heteroatoms. The lowest BCUT2D eigenvalue weighted by molar-refractivity contribution is 0.0895. The van der Waals surface area contributed by atoms with Gasteiger partial charge >= 0.3 is 0 Å². The van der Waals surface area contributed by atoms with Crippen molar-refractivity contribution in [1.29, 1.82) is 0 Å². The predicted molar refractivity (Wildman–Crippen MR) is 100 cm³/mol. The lowest BCUT2D eigenvalue weighted by Gasteiger charge is -2.31. The van der Waals surface area contributed by atoms with E-state index in [1.54, 1.807) is 25.3 Å². The van der Waals surface area contributed by atoms with E-state index in [2.05, 4.69) is 12.2 Å². The van der Waals surface area contributed by atoms with Crippen molar-refractivity contribution in [3.8, 4) is 11.5 Å². The molecule has 0 bridgehead atoms. The third-order valence-corrected chi connectivity index (χ3v) is 4.30. The van der Waals surface area contributed by atoms with Crippen LogP contribution in [0, 0.1) is 0 Å². The van der Waals surface area contributed by atoms with E-state index in [1.807, 2.05) is 13.8 Å². The highest BCUT2D eigenvalue weighted by Gasteiger charge is 2.27. The quantitative estimate of drug-likeness (QED) is 0.627. The van der Waals surface area contributed by atoms with Crippen molar-refractivity contribution in [2.45, 2.75) is 52.0 Å². The summed E-state index contributed by atoms with van der Waals surface area (Å²) in [5, 5.41) is 3.06. The van der Waals surface area contributed by atoms with Gasteiger partial charge in [0.1, 0.15) is 0 Å². The number of methoxy groups -OCH3 is 1. The van der Waals surface area contributed by atoms with Gasteiger partial charge in [-0.2, -0.15) is 0 Å². The normalized spacial score (nSPS) is 10.7. The molecule has 0 heterocycles. The Morgan fingerprint density at radius 1 is 1.21 bits per heavy atom. The highest BCUT2D eigenvalue weighted by molar-refractivity contribution is 5.95. The van der Waals surface area contributed by atoms with Crippen molar-refractivity contribution < 1.29 is 14.3 Å². The first kappa shape index (κ1) is 22.5. The Kier molecular flexibility index (Phi) is 10.5. The summed E-state index contributed by atoms with van der Waals surface area (Å²) < 4.78 is 11.0. The molecular weight excluding hydrogens is 328 g/mol. The van der Waals surface area contributed by atoms with E-state index in [4.69, 9.17) is 15.2 Å². The van der Waals surface area contributed by atoms with E-state index >= 15 is 0 Å². The molecule has 0 unspecified atom stereocenters. The Morgan fingerprint density at radius 3 is 2.38 bits per heavy atom. The minimum atomic E-state index is -0.361. The highest BCUT2D eigenvalue weighted by atomic mass is 35.5. The molecule has 3 N–H and O–H groups in total. The molecule has 5 nitrogen and oxygen atoms in total. The Morgan fingerprint density at radius 2 is 1.88 bits per heavy atom. The summed E-state index contributed by atoms with van der Waals surface area (Å²) in [7, 11) is 1.58. The maximum atomic E-state index is 12.5. The molecular formula is C18H31ClN2O3. The number of nitrogens with two attached hydrogens (primary N) is 1. The second-order valence-corrected chi connectivity index (χ2v) is 5.71. The number of hydrogen-bond donors (Lipinski definition) is 2. The molecule has 1 aromatic carbocycles. The Bertz CT molecular complexity index is 497. The van der Waals surface area contributed by atoms with E-state index in [0.29, 0.717) is 30.2 Å². The van der Waals surface area contributed by atoms with Gasteiger partial charge in [-0.05, 0) is 37.5 Å². The summed E-state index contributed by atoms with van der Waals surface area (Å²) in [6.45, 7) is 7.23. The van der Waals surface area contributed by atoms with E-state index in [0.717, 1.165) is 25.7 Å². The maximum Gasteiger partial charge on any atom is 0.251 e. The number of carbonyl (C=O) groups excluding carboxylic acids is 1. The molecule has 0 saturated carbocycles. The molecule has 0 aliphatic heterocycles. The smallest absolute Gasteiger partial charge is 0.251 e. The second-order valence-electron chi connectivity index (χ2n) is 5.71. The van der Waals surface area contributed by atoms with Gasteiger partial charge in [0.15, 0.2) is 11.5 Å². The van der Waals surface area contributed by atoms with Crippen molar-refractivity contribution in [3.63, 3.8) is 0 Å². The summed E-state index contributed by atoms with van der Waals surface area (Å²) in [5.74, 6) is 1.09. The van der Waals surface area contributed by atoms with Crippen LogP contribution in [0.4, 0.5) is 0 Å². The van der Waals surface area contributed by atoms with Gasteiger partial charge < -0.3 is 20.5 Å². The summed E-state index contributed by atoms with van der Waals surface area (Å²) in [6.07, 6.45) is 3.64. The van der Waals surface area contributed by atoms with Crippen LogP contribution in [0.15, 0.2) is 18.2 Å². The molecule has 0 fully saturated rings. The fourth-order valence-corrected chi connectivity index (χ4v) is 2.33. The SMILES string of the molecule is CCCCOc1ccc(C(=O)NC(CC)(CC)CN)cc1OC.Cl. The molecule has 1 aromatic rings. The van der Waals surface area contributed by atoms with Gasteiger partial charge in [0, 0.05) is 12.1 Å². The fourth-order valence-electron chi connectivity index (χ4n) is 2.33. The molecule has 0 aromatic heterocycles. The monoisotopic (exact) mass is 358 g/mol. The molecule has 0 aliphatic rings. The number of amides is 1. The third-order valence-electron chi connectivity index (χ3n) is 4.30. The molecule has 1 amide bonds. The molecule has 0 radical (unpaired) electrons. The van der Waals surface area contributed by atoms with Crippen LogP contribution < -0.4 is 20.5 Å². The molecule has 0 saturated heterocycles. The second kappa shape index (κ2) is 11.2. The lowest BCUT2D eigenvalue weighted by Crippen LogP contribution is -2.52. The van der Waals surface area contributed by atoms with Crippen LogP contribution in [0.5, 0.6) is 11.5 Å². The van der Waals surface area contributed by atoms with Gasteiger partial charge in [-0.3, -0.25) is 4.79 Å². The van der Waals surface area contributed by atoms with E-state index in [9.17, 15) is 4.79 Å². The van der Waals surface area contributed by atoms with Crippen LogP contribution in [0.3, 0.4) is 0 Å². The number of nitrogens with one attached hydrogen (secondary N) is 1. The van der Waals surface area contributed by atoms with Crippen LogP contribution in [0.1, 0.15) is 56.8 Å². The summed E-state index contributed by atoms with van der Waals surface area (Å²) in [5.41, 5.74) is 6.03. The van der Waals surface area contributed by atoms with Crippen molar-refractivity contribution in [3.05, 3.63) is 23.8 Å². The Labute approximate surface area is 151 Å². The molecule has 0 atom stereocenters. The maximum absolute atomic E-state index is 12.5. The van der Waals surface area contributed by atoms with Gasteiger partial charge in [-0.25, -0.2) is 0 Å². The van der Waals surface area contributed by atoms with E-state index < -0.39 is 0 Å². The van der Waals surface area contributed by atoms with Crippen molar-refractivity contribution in [1.82, 2.24) is 5.32 Å². The standard InChI is InChI=1S/C18H30N2O3.ClH/c1-5-8-11-23-15-10-9-14(12-16(15)22-4)17(21)20-18(6-2,7-3)13-19;/h9-10,12H,5-8,11,13,19H2,1-4H3,(H,20,21);1H. The predicted octanol–water partition coefficient (Wildman–Crippen LogP) is 3.54. The zero-order valence-electron chi connectivity index (χ0n) is 15.2. The summed E-state index contributed by atoms with van der Waals surface area (Å²) >= 11 is 0. The minimum Gasteiger partial charge on any atom is -0.493 e. The zero-order valence-corrected chi connectivity index (χ0v) is 16.0. The van der Waals surface area contributed by atoms with Gasteiger partial charge in [0.05, 0.1) is 19.3 Å². The van der Waals surface area contributed by atoms with Crippen LogP contribution >= 0.6 is 12.4 Å². The highest BCUT2D eigenvalue weighted by Crippen LogP contribution is 2.28. The third kappa shape index (κ3) is 5.87. The number of unbranched alkanes of at least 4 members (excludes halogenated alkanes) is 1. The van der Waals surface area contributed by atoms with Crippen LogP contribution in [-0.4, -0.2) is 31.7 Å². The molecule has 1 rings (SSSR count). The lowest BCUT2D eigenvalue weighted by atomic mass is 9.92. The van der Waals surface area contributed by atoms with Crippen molar-refractivity contribution >= 4 is 18.3 Å². The van der Waals surface area contributed by atoms with Crippen molar-refractivity contribution in [2.75, 3.05) is 20.3 Å². The van der Waals surface area contributed by atoms with Crippen LogP contribution in [-0.2, 0) is 0 Å². The van der Waals surface area contributed by atoms with Crippen LogP contribution in [0.2, 0.25) is 0 Å². The number of rotatable bonds is 10. The number of hydrogen-bond acceptors (Lipinski definition) is 4. The summed E-state index contributed by atoms with van der Waals surface area (Å²) in [6, 6.07) is 5.25. The van der Waals surface area contributed by atoms with E-state index in [-0.39, 0.29) is 23.9 Å². The van der Waals surface area contributed by atoms with Crippen molar-refractivity contribution in [2.24, 2.45) is 5.73 Å². The van der Waals surface area contributed by atoms with Gasteiger partial charge in [0.25, 0.3) is 5.91 Å². The number of benzene rings is 1. The number of ether oxygens (including phenoxy) is 2. The number of halogens is 1. The van der Waals surface area contributed by atoms with Crippen LogP contribution in [0.25, 0.3) is 0 Å². The molecule has 24 heavy (non-hydrogen) atoms. The first-order valence-electron chi connectivity index (χ1n) is 8.39. The first-order valence-corrected chi connectivity index (χ1v) is 8.39. The van der Waals surface area contributed by atoms with Gasteiger partial charge in [0.2, 0.25) is 0 Å². The molecule has 0 aliphatic carbocycles. The topological polar surface area (TPSA) is 73.6 Å². The zero-order chi connectivity index (χ0) is 17.3. The fraction of sp³-hybridized carbons (Fsp3) is 0.611. The first-order chi connectivity index (χ1) is 11.1. The van der Waals surface area contributed by atoms with E-state index in [1.165, 1.54) is 0 Å². The largest absolute Gasteiger partial charge is 0.493 e. The Hall–Kier alpha value is -1.46. The Balaban J connectivity index is 0.00000529. The molecule has 138 valence electrons. The molecule has 0 spiro atoms. The average Bonchev–Trinajstić information content (AvgIpc) is 2.60.